The summed E-state index contributed by atoms with van der Waals surface area (Å²) in [6, 6.07) is 0. The summed E-state index contributed by atoms with van der Waals surface area (Å²) in [4.78, 5) is 10.9. The first kappa shape index (κ1) is 20.9. The van der Waals surface area contributed by atoms with Crippen molar-refractivity contribution in [3.63, 3.8) is 0 Å². The molecular formula is C19H34O3. The minimum absolute atomic E-state index is 0.111. The molecule has 0 aromatic rings. The molecule has 0 spiro atoms. The molecule has 0 aliphatic rings. The number of carbonyl (C=O) groups is 1. The Morgan fingerprint density at radius 1 is 0.955 bits per heavy atom. The molecule has 0 bridgehead atoms. The lowest BCUT2D eigenvalue weighted by molar-refractivity contribution is -0.140. The number of aliphatic hydroxyl groups is 1. The van der Waals surface area contributed by atoms with Gasteiger partial charge in [0.15, 0.2) is 0 Å². The van der Waals surface area contributed by atoms with Gasteiger partial charge in [0.2, 0.25) is 0 Å². The second-order valence-corrected chi connectivity index (χ2v) is 5.73. The van der Waals surface area contributed by atoms with Crippen molar-refractivity contribution < 1.29 is 14.6 Å². The summed E-state index contributed by atoms with van der Waals surface area (Å²) in [5.74, 6) is -0.111. The summed E-state index contributed by atoms with van der Waals surface area (Å²) in [6.45, 7) is 2.19. The second-order valence-electron chi connectivity index (χ2n) is 5.73. The van der Waals surface area contributed by atoms with Crippen molar-refractivity contribution in [2.24, 2.45) is 0 Å². The van der Waals surface area contributed by atoms with Crippen LogP contribution in [0.25, 0.3) is 0 Å². The van der Waals surface area contributed by atoms with E-state index in [2.05, 4.69) is 23.8 Å². The normalized spacial score (nSPS) is 13.0. The van der Waals surface area contributed by atoms with Gasteiger partial charge in [-0.05, 0) is 32.1 Å². The van der Waals surface area contributed by atoms with Crippen LogP contribution >= 0.6 is 0 Å². The molecule has 1 N–H and O–H groups in total. The maximum atomic E-state index is 10.9. The monoisotopic (exact) mass is 310 g/mol. The first-order valence-corrected chi connectivity index (χ1v) is 8.79. The predicted molar refractivity (Wildman–Crippen MR) is 92.8 cm³/mol. The Morgan fingerprint density at radius 2 is 1.50 bits per heavy atom. The Hall–Kier alpha value is -1.09. The largest absolute Gasteiger partial charge is 0.469 e. The maximum absolute atomic E-state index is 10.9. The molecule has 0 saturated heterocycles. The minimum Gasteiger partial charge on any atom is -0.469 e. The van der Waals surface area contributed by atoms with Crippen LogP contribution in [0.2, 0.25) is 0 Å². The van der Waals surface area contributed by atoms with E-state index in [1.165, 1.54) is 32.8 Å². The number of hydrogen-bond donors (Lipinski definition) is 1. The van der Waals surface area contributed by atoms with E-state index in [1.54, 1.807) is 0 Å². The predicted octanol–water partition coefficient (Wildman–Crippen LogP) is 4.94. The van der Waals surface area contributed by atoms with Crippen molar-refractivity contribution in [3.05, 3.63) is 24.3 Å². The van der Waals surface area contributed by atoms with Crippen molar-refractivity contribution in [1.82, 2.24) is 0 Å². The zero-order valence-corrected chi connectivity index (χ0v) is 14.4. The van der Waals surface area contributed by atoms with Crippen LogP contribution in [0, 0.1) is 0 Å². The van der Waals surface area contributed by atoms with Crippen LogP contribution in [0.4, 0.5) is 0 Å². The van der Waals surface area contributed by atoms with Gasteiger partial charge >= 0.3 is 5.97 Å². The highest BCUT2D eigenvalue weighted by Gasteiger charge is 1.98. The Kier molecular flexibility index (Phi) is 15.5. The first-order valence-electron chi connectivity index (χ1n) is 8.79. The molecule has 0 aromatic carbocycles. The maximum Gasteiger partial charge on any atom is 0.305 e. The van der Waals surface area contributed by atoms with E-state index in [-0.39, 0.29) is 5.97 Å². The third kappa shape index (κ3) is 15.3. The molecule has 1 unspecified atom stereocenters. The molecule has 0 aliphatic carbocycles. The fourth-order valence-electron chi connectivity index (χ4n) is 2.21. The average Bonchev–Trinajstić information content (AvgIpc) is 2.52. The average molecular weight is 310 g/mol. The summed E-state index contributed by atoms with van der Waals surface area (Å²) >= 11 is 0. The molecule has 0 fully saturated rings. The lowest BCUT2D eigenvalue weighted by Crippen LogP contribution is -1.99. The number of carbonyl (C=O) groups excluding carboxylic acids is 1. The molecular weight excluding hydrogens is 276 g/mol. The van der Waals surface area contributed by atoms with Crippen molar-refractivity contribution in [1.29, 1.82) is 0 Å². The fraction of sp³-hybridized carbons (Fsp3) is 0.737. The van der Waals surface area contributed by atoms with Gasteiger partial charge in [-0.1, -0.05) is 63.3 Å². The Morgan fingerprint density at radius 3 is 2.09 bits per heavy atom. The zero-order valence-electron chi connectivity index (χ0n) is 14.4. The molecule has 0 radical (unpaired) electrons. The lowest BCUT2D eigenvalue weighted by atomic mass is 10.1. The van der Waals surface area contributed by atoms with Gasteiger partial charge in [-0.15, -0.1) is 0 Å². The number of methoxy groups -OCH3 is 1. The van der Waals surface area contributed by atoms with Gasteiger partial charge in [0, 0.05) is 6.42 Å². The molecule has 0 saturated carbocycles. The highest BCUT2D eigenvalue weighted by Crippen LogP contribution is 2.08. The summed E-state index contributed by atoms with van der Waals surface area (Å²) in [6.07, 6.45) is 19.2. The van der Waals surface area contributed by atoms with Gasteiger partial charge in [-0.3, -0.25) is 4.79 Å². The molecule has 0 amide bonds. The first-order chi connectivity index (χ1) is 10.7. The van der Waals surface area contributed by atoms with Crippen LogP contribution in [-0.4, -0.2) is 24.3 Å². The number of hydrogen-bond acceptors (Lipinski definition) is 3. The van der Waals surface area contributed by atoms with Crippen molar-refractivity contribution in [3.8, 4) is 0 Å². The molecule has 0 aliphatic heterocycles. The van der Waals surface area contributed by atoms with E-state index in [0.29, 0.717) is 6.42 Å². The minimum atomic E-state index is -0.443. The molecule has 3 nitrogen and oxygen atoms in total. The number of esters is 1. The Bertz CT molecular complexity index is 308. The van der Waals surface area contributed by atoms with E-state index in [0.717, 1.165) is 38.5 Å². The van der Waals surface area contributed by atoms with Crippen LogP contribution in [0.1, 0.15) is 77.6 Å². The molecule has 3 heteroatoms. The molecule has 0 rings (SSSR count). The highest BCUT2D eigenvalue weighted by molar-refractivity contribution is 5.68. The molecule has 1 atom stereocenters. The number of ether oxygens (including phenoxy) is 1. The summed E-state index contributed by atoms with van der Waals surface area (Å²) in [5.41, 5.74) is 0. The standard InChI is InChI=1S/C19H34O3/c1-3-4-5-9-12-15-18(20)16-13-10-7-6-8-11-14-17-19(21)22-2/h12-13,15-16,18,20H,3-11,14,17H2,1-2H3/b15-12+,16-13+. The topological polar surface area (TPSA) is 46.5 Å². The number of rotatable bonds is 14. The van der Waals surface area contributed by atoms with Crippen LogP contribution in [-0.2, 0) is 9.53 Å². The van der Waals surface area contributed by atoms with E-state index in [9.17, 15) is 9.90 Å². The lowest BCUT2D eigenvalue weighted by Gasteiger charge is -2.01. The van der Waals surface area contributed by atoms with Gasteiger partial charge in [-0.2, -0.15) is 0 Å². The van der Waals surface area contributed by atoms with Gasteiger partial charge in [0.1, 0.15) is 0 Å². The van der Waals surface area contributed by atoms with Crippen LogP contribution in [0.5, 0.6) is 0 Å². The molecule has 22 heavy (non-hydrogen) atoms. The SMILES string of the molecule is CCCCC/C=C/C(O)/C=C/CCCCCCCC(=O)OC. The smallest absolute Gasteiger partial charge is 0.305 e. The van der Waals surface area contributed by atoms with E-state index >= 15 is 0 Å². The summed E-state index contributed by atoms with van der Waals surface area (Å²) in [5, 5.41) is 9.74. The Labute approximate surface area is 136 Å². The van der Waals surface area contributed by atoms with Crippen molar-refractivity contribution >= 4 is 5.97 Å². The molecule has 0 heterocycles. The van der Waals surface area contributed by atoms with Gasteiger partial charge < -0.3 is 9.84 Å². The van der Waals surface area contributed by atoms with Gasteiger partial charge in [0.05, 0.1) is 13.2 Å². The highest BCUT2D eigenvalue weighted by atomic mass is 16.5. The van der Waals surface area contributed by atoms with Crippen LogP contribution in [0.15, 0.2) is 24.3 Å². The van der Waals surface area contributed by atoms with E-state index < -0.39 is 6.10 Å². The summed E-state index contributed by atoms with van der Waals surface area (Å²) < 4.78 is 4.60. The zero-order chi connectivity index (χ0) is 16.5. The summed E-state index contributed by atoms with van der Waals surface area (Å²) in [7, 11) is 1.43. The third-order valence-corrected chi connectivity index (χ3v) is 3.62. The van der Waals surface area contributed by atoms with E-state index in [4.69, 9.17) is 0 Å². The van der Waals surface area contributed by atoms with E-state index in [1.807, 2.05) is 12.2 Å². The fourth-order valence-corrected chi connectivity index (χ4v) is 2.21. The Balaban J connectivity index is 3.40. The number of unbranched alkanes of at least 4 members (excludes halogenated alkanes) is 8. The van der Waals surface area contributed by atoms with Crippen molar-refractivity contribution in [2.45, 2.75) is 83.7 Å². The number of allylic oxidation sites excluding steroid dienone is 2. The van der Waals surface area contributed by atoms with Gasteiger partial charge in [-0.25, -0.2) is 0 Å². The quantitative estimate of drug-likeness (QED) is 0.281. The van der Waals surface area contributed by atoms with Crippen molar-refractivity contribution in [2.75, 3.05) is 7.11 Å². The third-order valence-electron chi connectivity index (χ3n) is 3.62. The van der Waals surface area contributed by atoms with Crippen LogP contribution < -0.4 is 0 Å². The molecule has 128 valence electrons. The van der Waals surface area contributed by atoms with Crippen LogP contribution in [0.3, 0.4) is 0 Å². The molecule has 0 aromatic heterocycles. The number of aliphatic hydroxyl groups excluding tert-OH is 1. The van der Waals surface area contributed by atoms with Gasteiger partial charge in [0.25, 0.3) is 0 Å². The second kappa shape index (κ2) is 16.3.